The number of carbonyl (C=O) groups excluding carboxylic acids is 1. The van der Waals surface area contributed by atoms with Gasteiger partial charge in [0.05, 0.1) is 10.5 Å². The molecule has 0 aromatic heterocycles. The Morgan fingerprint density at radius 3 is 2.55 bits per heavy atom. The molecule has 0 atom stereocenters. The minimum absolute atomic E-state index is 0.0191. The Kier molecular flexibility index (Phi) is 5.01. The number of allylic oxidation sites excluding steroid dienone is 1. The maximum absolute atomic E-state index is 12.6. The molecule has 0 N–H and O–H groups in total. The first-order valence-electron chi connectivity index (χ1n) is 8.70. The molecular formula is C22H14ClNO5. The monoisotopic (exact) mass is 407 g/mol. The molecule has 0 fully saturated rings. The lowest BCUT2D eigenvalue weighted by molar-refractivity contribution is -0.384. The van der Waals surface area contributed by atoms with E-state index in [2.05, 4.69) is 0 Å². The summed E-state index contributed by atoms with van der Waals surface area (Å²) in [5, 5.41) is 11.4. The third-order valence-corrected chi connectivity index (χ3v) is 4.76. The molecule has 0 saturated heterocycles. The Hall–Kier alpha value is -3.64. The first kappa shape index (κ1) is 18.7. The van der Waals surface area contributed by atoms with Crippen molar-refractivity contribution < 1.29 is 19.2 Å². The normalized spacial score (nSPS) is 13.8. The van der Waals surface area contributed by atoms with Crippen LogP contribution in [0.5, 0.6) is 11.5 Å². The maximum atomic E-state index is 12.6. The summed E-state index contributed by atoms with van der Waals surface area (Å²) in [7, 11) is 0. The number of halogens is 1. The molecule has 29 heavy (non-hydrogen) atoms. The van der Waals surface area contributed by atoms with Gasteiger partial charge in [-0.15, -0.1) is 0 Å². The van der Waals surface area contributed by atoms with Crippen molar-refractivity contribution in [2.24, 2.45) is 0 Å². The van der Waals surface area contributed by atoms with Crippen molar-refractivity contribution in [1.82, 2.24) is 0 Å². The number of carbonyl (C=O) groups is 1. The second-order valence-corrected chi connectivity index (χ2v) is 6.73. The lowest BCUT2D eigenvalue weighted by Crippen LogP contribution is -1.98. The van der Waals surface area contributed by atoms with Gasteiger partial charge in [-0.1, -0.05) is 29.8 Å². The average molecular weight is 408 g/mol. The number of benzene rings is 3. The molecule has 0 unspecified atom stereocenters. The predicted octanol–water partition coefficient (Wildman–Crippen LogP) is 5.44. The van der Waals surface area contributed by atoms with E-state index in [1.807, 2.05) is 18.2 Å². The molecule has 6 nitrogen and oxygen atoms in total. The molecule has 4 rings (SSSR count). The first-order chi connectivity index (χ1) is 14.0. The number of fused-ring (bicyclic) bond motifs is 1. The van der Waals surface area contributed by atoms with Gasteiger partial charge in [0.15, 0.2) is 5.76 Å². The Bertz CT molecular complexity index is 1140. The van der Waals surface area contributed by atoms with Gasteiger partial charge < -0.3 is 9.47 Å². The Labute approximate surface area is 171 Å². The number of nitro groups is 1. The quantitative estimate of drug-likeness (QED) is 0.319. The van der Waals surface area contributed by atoms with Crippen molar-refractivity contribution in [3.8, 4) is 11.5 Å². The van der Waals surface area contributed by atoms with Crippen LogP contribution in [0.4, 0.5) is 5.69 Å². The highest BCUT2D eigenvalue weighted by atomic mass is 35.5. The molecule has 0 aliphatic carbocycles. The van der Waals surface area contributed by atoms with Crippen molar-refractivity contribution in [3.63, 3.8) is 0 Å². The van der Waals surface area contributed by atoms with E-state index in [0.29, 0.717) is 27.6 Å². The molecule has 3 aromatic carbocycles. The highest BCUT2D eigenvalue weighted by Gasteiger charge is 2.27. The van der Waals surface area contributed by atoms with E-state index in [0.717, 1.165) is 5.56 Å². The van der Waals surface area contributed by atoms with E-state index in [1.54, 1.807) is 42.5 Å². The van der Waals surface area contributed by atoms with E-state index < -0.39 is 4.92 Å². The summed E-state index contributed by atoms with van der Waals surface area (Å²) in [5.74, 6) is 0.848. The Morgan fingerprint density at radius 2 is 1.83 bits per heavy atom. The Morgan fingerprint density at radius 1 is 1.07 bits per heavy atom. The van der Waals surface area contributed by atoms with E-state index in [1.165, 1.54) is 12.1 Å². The van der Waals surface area contributed by atoms with Gasteiger partial charge in [0.1, 0.15) is 18.1 Å². The van der Waals surface area contributed by atoms with Crippen LogP contribution in [0.15, 0.2) is 72.5 Å². The highest BCUT2D eigenvalue weighted by Crippen LogP contribution is 2.35. The number of ketones is 1. The maximum Gasteiger partial charge on any atom is 0.269 e. The second kappa shape index (κ2) is 7.77. The first-order valence-corrected chi connectivity index (χ1v) is 9.08. The molecule has 1 heterocycles. The fraction of sp³-hybridized carbons (Fsp3) is 0.0455. The van der Waals surface area contributed by atoms with Crippen LogP contribution in [-0.4, -0.2) is 10.7 Å². The third-order valence-electron chi connectivity index (χ3n) is 4.40. The second-order valence-electron chi connectivity index (χ2n) is 6.33. The number of nitrogens with zero attached hydrogens (tertiary/aromatic N) is 1. The molecule has 7 heteroatoms. The molecule has 0 saturated carbocycles. The van der Waals surface area contributed by atoms with Crippen LogP contribution < -0.4 is 9.47 Å². The van der Waals surface area contributed by atoms with E-state index in [-0.39, 0.29) is 23.8 Å². The van der Waals surface area contributed by atoms with Crippen molar-refractivity contribution in [2.75, 3.05) is 0 Å². The van der Waals surface area contributed by atoms with Crippen LogP contribution >= 0.6 is 11.6 Å². The molecule has 0 spiro atoms. The van der Waals surface area contributed by atoms with Crippen LogP contribution in [0.25, 0.3) is 6.08 Å². The highest BCUT2D eigenvalue weighted by molar-refractivity contribution is 6.31. The molecule has 144 valence electrons. The van der Waals surface area contributed by atoms with Crippen LogP contribution in [0.2, 0.25) is 5.02 Å². The lowest BCUT2D eigenvalue weighted by Gasteiger charge is -2.08. The average Bonchev–Trinajstić information content (AvgIpc) is 3.02. The zero-order chi connectivity index (χ0) is 20.4. The van der Waals surface area contributed by atoms with Crippen LogP contribution in [0.3, 0.4) is 0 Å². The zero-order valence-electron chi connectivity index (χ0n) is 15.0. The summed E-state index contributed by atoms with van der Waals surface area (Å²) in [6, 6.07) is 18.3. The minimum Gasteiger partial charge on any atom is -0.489 e. The number of Topliss-reactive ketones (excluding diaryl/α,β-unsaturated/α-hetero) is 1. The SMILES string of the molecule is O=C1C(=Cc2ccc([N+](=O)[O-])cc2)Oc2cc(OCc3ccccc3Cl)ccc21. The Balaban J connectivity index is 1.51. The van der Waals surface area contributed by atoms with Gasteiger partial charge in [-0.2, -0.15) is 0 Å². The lowest BCUT2D eigenvalue weighted by atomic mass is 10.1. The third kappa shape index (κ3) is 3.97. The number of rotatable bonds is 5. The van der Waals surface area contributed by atoms with Gasteiger partial charge in [0.25, 0.3) is 5.69 Å². The van der Waals surface area contributed by atoms with Crippen LogP contribution in [0.1, 0.15) is 21.5 Å². The van der Waals surface area contributed by atoms with Crippen molar-refractivity contribution >= 4 is 29.1 Å². The zero-order valence-corrected chi connectivity index (χ0v) is 15.8. The number of ether oxygens (including phenoxy) is 2. The van der Waals surface area contributed by atoms with E-state index in [9.17, 15) is 14.9 Å². The number of nitro benzene ring substituents is 1. The van der Waals surface area contributed by atoms with Gasteiger partial charge in [0.2, 0.25) is 5.78 Å². The minimum atomic E-state index is -0.478. The number of non-ortho nitro benzene ring substituents is 1. The molecule has 1 aliphatic rings. The molecule has 3 aromatic rings. The number of hydrogen-bond donors (Lipinski definition) is 0. The van der Waals surface area contributed by atoms with Crippen LogP contribution in [0, 0.1) is 10.1 Å². The van der Waals surface area contributed by atoms with Crippen molar-refractivity contribution in [1.29, 1.82) is 0 Å². The van der Waals surface area contributed by atoms with Gasteiger partial charge >= 0.3 is 0 Å². The predicted molar refractivity (Wildman–Crippen MR) is 108 cm³/mol. The molecule has 0 bridgehead atoms. The molecular weight excluding hydrogens is 394 g/mol. The molecule has 0 radical (unpaired) electrons. The van der Waals surface area contributed by atoms with E-state index >= 15 is 0 Å². The van der Waals surface area contributed by atoms with Gasteiger partial charge in [-0.05, 0) is 42.0 Å². The summed E-state index contributed by atoms with van der Waals surface area (Å²) in [5.41, 5.74) is 1.89. The summed E-state index contributed by atoms with van der Waals surface area (Å²) in [4.78, 5) is 22.8. The fourth-order valence-electron chi connectivity index (χ4n) is 2.88. The van der Waals surface area contributed by atoms with Crippen molar-refractivity contribution in [3.05, 3.63) is 104 Å². The largest absolute Gasteiger partial charge is 0.489 e. The summed E-state index contributed by atoms with van der Waals surface area (Å²) < 4.78 is 11.5. The molecule has 0 amide bonds. The van der Waals surface area contributed by atoms with Gasteiger partial charge in [-0.25, -0.2) is 0 Å². The topological polar surface area (TPSA) is 78.7 Å². The van der Waals surface area contributed by atoms with Gasteiger partial charge in [0, 0.05) is 28.8 Å². The summed E-state index contributed by atoms with van der Waals surface area (Å²) >= 11 is 6.13. The summed E-state index contributed by atoms with van der Waals surface area (Å²) in [6.07, 6.45) is 1.55. The standard InChI is InChI=1S/C22H14ClNO5/c23-19-4-2-1-3-15(19)13-28-17-9-10-18-20(12-17)29-21(22(18)25)11-14-5-7-16(8-6-14)24(26)27/h1-12H,13H2. The fourth-order valence-corrected chi connectivity index (χ4v) is 3.07. The van der Waals surface area contributed by atoms with Gasteiger partial charge in [-0.3, -0.25) is 14.9 Å². The van der Waals surface area contributed by atoms with Crippen LogP contribution in [-0.2, 0) is 6.61 Å². The smallest absolute Gasteiger partial charge is 0.269 e. The van der Waals surface area contributed by atoms with E-state index in [4.69, 9.17) is 21.1 Å². The molecule has 1 aliphatic heterocycles. The van der Waals surface area contributed by atoms with Crippen molar-refractivity contribution in [2.45, 2.75) is 6.61 Å². The summed E-state index contributed by atoms with van der Waals surface area (Å²) in [6.45, 7) is 0.290. The number of hydrogen-bond acceptors (Lipinski definition) is 5.